The Hall–Kier alpha value is -2.88. The first-order valence-corrected chi connectivity index (χ1v) is 11.0. The second-order valence-corrected chi connectivity index (χ2v) is 8.02. The Kier molecular flexibility index (Phi) is 7.67. The predicted octanol–water partition coefficient (Wildman–Crippen LogP) is 2.35. The molecule has 1 aliphatic heterocycles. The Balaban J connectivity index is 1.59. The van der Waals surface area contributed by atoms with E-state index in [4.69, 9.17) is 4.74 Å². The van der Waals surface area contributed by atoms with E-state index in [1.807, 2.05) is 0 Å². The first-order chi connectivity index (χ1) is 14.9. The maximum absolute atomic E-state index is 13.8. The van der Waals surface area contributed by atoms with Gasteiger partial charge in [-0.25, -0.2) is 14.2 Å². The molecule has 0 saturated carbocycles. The van der Waals surface area contributed by atoms with E-state index in [1.54, 1.807) is 41.8 Å². The van der Waals surface area contributed by atoms with Gasteiger partial charge in [-0.05, 0) is 25.5 Å². The Morgan fingerprint density at radius 2 is 1.87 bits per heavy atom. The molecule has 2 heterocycles. The number of piperazine rings is 1. The highest BCUT2D eigenvalue weighted by Gasteiger charge is 2.26. The van der Waals surface area contributed by atoms with Crippen LogP contribution in [0.1, 0.15) is 23.7 Å². The Labute approximate surface area is 183 Å². The molecular formula is C21H25FN4O4S. The SMILES string of the molecule is CCOC(=O)N1CCN(C(=O)Cc2c(C)nc(SCc3ccccc3F)[nH]c2=O)CC1. The zero-order valence-corrected chi connectivity index (χ0v) is 18.3. The number of H-pyrrole nitrogens is 1. The minimum Gasteiger partial charge on any atom is -0.450 e. The summed E-state index contributed by atoms with van der Waals surface area (Å²) < 4.78 is 18.7. The monoisotopic (exact) mass is 448 g/mol. The number of nitrogens with one attached hydrogen (secondary N) is 1. The van der Waals surface area contributed by atoms with Crippen LogP contribution in [0.4, 0.5) is 9.18 Å². The summed E-state index contributed by atoms with van der Waals surface area (Å²) in [6.07, 6.45) is -0.444. The first-order valence-electron chi connectivity index (χ1n) is 10.0. The molecule has 2 amide bonds. The van der Waals surface area contributed by atoms with Crippen molar-refractivity contribution in [3.63, 3.8) is 0 Å². The minimum absolute atomic E-state index is 0.0637. The van der Waals surface area contributed by atoms with Crippen LogP contribution in [0.25, 0.3) is 0 Å². The number of nitrogens with zero attached hydrogens (tertiary/aromatic N) is 3. The van der Waals surface area contributed by atoms with Gasteiger partial charge in [0.2, 0.25) is 5.91 Å². The number of carbonyl (C=O) groups is 2. The fourth-order valence-electron chi connectivity index (χ4n) is 3.24. The van der Waals surface area contributed by atoms with Gasteiger partial charge in [0.1, 0.15) is 5.82 Å². The van der Waals surface area contributed by atoms with Crippen molar-refractivity contribution in [3.8, 4) is 0 Å². The average Bonchev–Trinajstić information content (AvgIpc) is 2.76. The van der Waals surface area contributed by atoms with Crippen LogP contribution < -0.4 is 5.56 Å². The van der Waals surface area contributed by atoms with Gasteiger partial charge >= 0.3 is 6.09 Å². The van der Waals surface area contributed by atoms with Crippen LogP contribution in [0.15, 0.2) is 34.2 Å². The molecule has 1 aromatic heterocycles. The first kappa shape index (κ1) is 22.8. The van der Waals surface area contributed by atoms with Gasteiger partial charge in [0.05, 0.1) is 13.0 Å². The van der Waals surface area contributed by atoms with E-state index in [9.17, 15) is 18.8 Å². The minimum atomic E-state index is -0.380. The number of aromatic amines is 1. The summed E-state index contributed by atoms with van der Waals surface area (Å²) in [6, 6.07) is 6.44. The number of hydrogen-bond acceptors (Lipinski definition) is 6. The number of carbonyl (C=O) groups excluding carboxylic acids is 2. The van der Waals surface area contributed by atoms with Crippen molar-refractivity contribution in [3.05, 3.63) is 57.3 Å². The van der Waals surface area contributed by atoms with Gasteiger partial charge in [-0.15, -0.1) is 0 Å². The van der Waals surface area contributed by atoms with Crippen LogP contribution in [0, 0.1) is 12.7 Å². The molecule has 0 bridgehead atoms. The van der Waals surface area contributed by atoms with Crippen molar-refractivity contribution >= 4 is 23.8 Å². The van der Waals surface area contributed by atoms with E-state index < -0.39 is 0 Å². The third-order valence-corrected chi connectivity index (χ3v) is 5.93. The molecule has 166 valence electrons. The highest BCUT2D eigenvalue weighted by atomic mass is 32.2. The lowest BCUT2D eigenvalue weighted by Crippen LogP contribution is -2.51. The molecule has 8 nitrogen and oxygen atoms in total. The molecular weight excluding hydrogens is 423 g/mol. The molecule has 0 radical (unpaired) electrons. The van der Waals surface area contributed by atoms with E-state index in [-0.39, 0.29) is 29.8 Å². The van der Waals surface area contributed by atoms with E-state index in [2.05, 4.69) is 9.97 Å². The number of benzene rings is 1. The zero-order valence-electron chi connectivity index (χ0n) is 17.5. The summed E-state index contributed by atoms with van der Waals surface area (Å²) in [5.41, 5.74) is 0.933. The van der Waals surface area contributed by atoms with E-state index >= 15 is 0 Å². The van der Waals surface area contributed by atoms with E-state index in [0.29, 0.717) is 60.5 Å². The smallest absolute Gasteiger partial charge is 0.409 e. The van der Waals surface area contributed by atoms with Crippen molar-refractivity contribution in [1.82, 2.24) is 19.8 Å². The van der Waals surface area contributed by atoms with Gasteiger partial charge in [-0.1, -0.05) is 30.0 Å². The molecule has 1 fully saturated rings. The summed E-state index contributed by atoms with van der Waals surface area (Å²) in [4.78, 5) is 47.3. The highest BCUT2D eigenvalue weighted by molar-refractivity contribution is 7.98. The predicted molar refractivity (Wildman–Crippen MR) is 114 cm³/mol. The summed E-state index contributed by atoms with van der Waals surface area (Å²) in [5, 5.41) is 0.380. The molecule has 1 aromatic carbocycles. The molecule has 0 unspecified atom stereocenters. The Morgan fingerprint density at radius 1 is 1.19 bits per heavy atom. The number of ether oxygens (including phenoxy) is 1. The molecule has 1 N–H and O–H groups in total. The molecule has 0 aliphatic carbocycles. The van der Waals surface area contributed by atoms with Crippen LogP contribution in [0.2, 0.25) is 0 Å². The van der Waals surface area contributed by atoms with Crippen molar-refractivity contribution in [2.24, 2.45) is 0 Å². The molecule has 31 heavy (non-hydrogen) atoms. The number of hydrogen-bond donors (Lipinski definition) is 1. The van der Waals surface area contributed by atoms with E-state index in [0.717, 1.165) is 0 Å². The number of aryl methyl sites for hydroxylation is 1. The average molecular weight is 449 g/mol. The van der Waals surface area contributed by atoms with Gasteiger partial charge in [0, 0.05) is 43.2 Å². The molecule has 2 aromatic rings. The van der Waals surface area contributed by atoms with Crippen LogP contribution >= 0.6 is 11.8 Å². The van der Waals surface area contributed by atoms with Gasteiger partial charge in [0.15, 0.2) is 5.16 Å². The maximum atomic E-state index is 13.8. The molecule has 3 rings (SSSR count). The number of aromatic nitrogens is 2. The summed E-state index contributed by atoms with van der Waals surface area (Å²) in [5.74, 6) is -0.164. The summed E-state index contributed by atoms with van der Waals surface area (Å²) >= 11 is 1.23. The summed E-state index contributed by atoms with van der Waals surface area (Å²) in [6.45, 7) is 5.30. The highest BCUT2D eigenvalue weighted by Crippen LogP contribution is 2.21. The lowest BCUT2D eigenvalue weighted by Gasteiger charge is -2.34. The normalized spacial score (nSPS) is 13.9. The quantitative estimate of drug-likeness (QED) is 0.538. The van der Waals surface area contributed by atoms with Crippen molar-refractivity contribution < 1.29 is 18.7 Å². The van der Waals surface area contributed by atoms with Crippen LogP contribution in [0.3, 0.4) is 0 Å². The summed E-state index contributed by atoms with van der Waals surface area (Å²) in [7, 11) is 0. The van der Waals surface area contributed by atoms with Crippen molar-refractivity contribution in [2.75, 3.05) is 32.8 Å². The third-order valence-electron chi connectivity index (χ3n) is 5.01. The van der Waals surface area contributed by atoms with Gasteiger partial charge in [0.25, 0.3) is 5.56 Å². The number of amides is 2. The third kappa shape index (κ3) is 5.84. The Bertz CT molecular complexity index is 1010. The molecule has 0 spiro atoms. The van der Waals surface area contributed by atoms with Crippen molar-refractivity contribution in [1.29, 1.82) is 0 Å². The fraction of sp³-hybridized carbons (Fsp3) is 0.429. The van der Waals surface area contributed by atoms with Gasteiger partial charge < -0.3 is 19.5 Å². The molecule has 1 aliphatic rings. The molecule has 10 heteroatoms. The van der Waals surface area contributed by atoms with Crippen LogP contribution in [-0.2, 0) is 21.7 Å². The fourth-order valence-corrected chi connectivity index (χ4v) is 4.13. The van der Waals surface area contributed by atoms with Gasteiger partial charge in [-0.2, -0.15) is 0 Å². The molecule has 1 saturated heterocycles. The second-order valence-electron chi connectivity index (χ2n) is 7.06. The lowest BCUT2D eigenvalue weighted by molar-refractivity contribution is -0.132. The number of thioether (sulfide) groups is 1. The second kappa shape index (κ2) is 10.4. The molecule has 0 atom stereocenters. The van der Waals surface area contributed by atoms with Crippen LogP contribution in [0.5, 0.6) is 0 Å². The van der Waals surface area contributed by atoms with E-state index in [1.165, 1.54) is 17.8 Å². The standard InChI is InChI=1S/C21H25FN4O4S/c1-3-30-21(29)26-10-8-25(9-11-26)18(27)12-16-14(2)23-20(24-19(16)28)31-13-15-6-4-5-7-17(15)22/h4-7H,3,8-13H2,1-2H3,(H,23,24,28). The van der Waals surface area contributed by atoms with Crippen LogP contribution in [-0.4, -0.2) is 64.6 Å². The topological polar surface area (TPSA) is 95.6 Å². The largest absolute Gasteiger partial charge is 0.450 e. The number of rotatable bonds is 6. The Morgan fingerprint density at radius 3 is 2.52 bits per heavy atom. The van der Waals surface area contributed by atoms with Crippen molar-refractivity contribution in [2.45, 2.75) is 31.2 Å². The maximum Gasteiger partial charge on any atom is 0.409 e. The van der Waals surface area contributed by atoms with Gasteiger partial charge in [-0.3, -0.25) is 9.59 Å². The lowest BCUT2D eigenvalue weighted by atomic mass is 10.1. The zero-order chi connectivity index (χ0) is 22.4. The number of halogens is 1.